The number of hydrogen-bond acceptors (Lipinski definition) is 4. The molecule has 0 aliphatic carbocycles. The molecule has 0 saturated carbocycles. The Morgan fingerprint density at radius 3 is 2.58 bits per heavy atom. The molecular weight excluding hydrogens is 346 g/mol. The molecule has 24 heavy (non-hydrogen) atoms. The number of anilines is 1. The highest BCUT2D eigenvalue weighted by Crippen LogP contribution is 2.25. The molecule has 0 bridgehead atoms. The van der Waals surface area contributed by atoms with Crippen molar-refractivity contribution in [3.05, 3.63) is 59.1 Å². The van der Waals surface area contributed by atoms with Gasteiger partial charge >= 0.3 is 5.97 Å². The molecule has 2 rings (SSSR count). The van der Waals surface area contributed by atoms with E-state index < -0.39 is 5.97 Å². The van der Waals surface area contributed by atoms with E-state index in [1.807, 2.05) is 37.3 Å². The third-order valence-electron chi connectivity index (χ3n) is 3.15. The Morgan fingerprint density at radius 1 is 1.21 bits per heavy atom. The Hall–Kier alpha value is -1.98. The summed E-state index contributed by atoms with van der Waals surface area (Å²) in [6, 6.07) is 14.4. The van der Waals surface area contributed by atoms with Gasteiger partial charge in [0.2, 0.25) is 5.91 Å². The minimum atomic E-state index is -0.509. The lowest BCUT2D eigenvalue weighted by Crippen LogP contribution is -2.22. The second kappa shape index (κ2) is 8.76. The molecule has 6 heteroatoms. The van der Waals surface area contributed by atoms with Gasteiger partial charge in [-0.3, -0.25) is 4.79 Å². The number of rotatable bonds is 6. The van der Waals surface area contributed by atoms with Gasteiger partial charge in [0.05, 0.1) is 22.4 Å². The van der Waals surface area contributed by atoms with E-state index in [0.29, 0.717) is 5.69 Å². The summed E-state index contributed by atoms with van der Waals surface area (Å²) in [7, 11) is 0. The molecule has 2 aromatic rings. The van der Waals surface area contributed by atoms with Crippen molar-refractivity contribution < 1.29 is 14.3 Å². The average molecular weight is 364 g/mol. The minimum Gasteiger partial charge on any atom is -0.462 e. The summed E-state index contributed by atoms with van der Waals surface area (Å²) >= 11 is 7.48. The molecule has 0 aromatic heterocycles. The molecular formula is C18H18ClNO3S. The third kappa shape index (κ3) is 5.01. The summed E-state index contributed by atoms with van der Waals surface area (Å²) in [4.78, 5) is 25.2. The van der Waals surface area contributed by atoms with Crippen LogP contribution in [-0.4, -0.2) is 23.7 Å². The van der Waals surface area contributed by atoms with Gasteiger partial charge in [-0.25, -0.2) is 4.79 Å². The number of ether oxygens (including phenoxy) is 1. The molecule has 1 amide bonds. The molecule has 0 unspecified atom stereocenters. The van der Waals surface area contributed by atoms with Gasteiger partial charge in [-0.1, -0.05) is 29.8 Å². The van der Waals surface area contributed by atoms with Gasteiger partial charge in [-0.2, -0.15) is 0 Å². The van der Waals surface area contributed by atoms with Crippen LogP contribution in [0.15, 0.2) is 53.4 Å². The quantitative estimate of drug-likeness (QED) is 0.600. The van der Waals surface area contributed by atoms with Gasteiger partial charge in [0.15, 0.2) is 0 Å². The van der Waals surface area contributed by atoms with E-state index in [9.17, 15) is 9.59 Å². The molecule has 0 aliphatic rings. The first-order chi connectivity index (χ1) is 11.5. The fourth-order valence-electron chi connectivity index (χ4n) is 1.97. The largest absolute Gasteiger partial charge is 0.462 e. The maximum Gasteiger partial charge on any atom is 0.339 e. The molecule has 4 nitrogen and oxygen atoms in total. The first-order valence-electron chi connectivity index (χ1n) is 7.50. The predicted octanol–water partition coefficient (Wildman–Crippen LogP) is 4.64. The van der Waals surface area contributed by atoms with E-state index in [0.717, 1.165) is 4.90 Å². The van der Waals surface area contributed by atoms with Crippen molar-refractivity contribution >= 4 is 40.9 Å². The predicted molar refractivity (Wildman–Crippen MR) is 97.8 cm³/mol. The molecule has 1 N–H and O–H groups in total. The van der Waals surface area contributed by atoms with Gasteiger partial charge < -0.3 is 10.1 Å². The summed E-state index contributed by atoms with van der Waals surface area (Å²) in [5, 5.41) is 2.81. The smallest absolute Gasteiger partial charge is 0.339 e. The van der Waals surface area contributed by atoms with Crippen LogP contribution in [0.3, 0.4) is 0 Å². The standard InChI is InChI=1S/C18H18ClNO3S/c1-3-23-18(22)15-11-13(9-10-16(15)19)20-17(21)12(2)24-14-7-5-4-6-8-14/h4-12H,3H2,1-2H3,(H,20,21)/t12-/m1/s1. The Kier molecular flexibility index (Phi) is 6.70. The third-order valence-corrected chi connectivity index (χ3v) is 4.60. The van der Waals surface area contributed by atoms with E-state index in [-0.39, 0.29) is 28.4 Å². The van der Waals surface area contributed by atoms with Crippen molar-refractivity contribution in [3.63, 3.8) is 0 Å². The molecule has 0 heterocycles. The minimum absolute atomic E-state index is 0.152. The maximum atomic E-state index is 12.3. The molecule has 126 valence electrons. The lowest BCUT2D eigenvalue weighted by atomic mass is 10.2. The second-order valence-corrected chi connectivity index (χ2v) is 6.80. The SMILES string of the molecule is CCOC(=O)c1cc(NC(=O)[C@@H](C)Sc2ccccc2)ccc1Cl. The highest BCUT2D eigenvalue weighted by atomic mass is 35.5. The topological polar surface area (TPSA) is 55.4 Å². The molecule has 2 aromatic carbocycles. The summed E-state index contributed by atoms with van der Waals surface area (Å²) in [6.45, 7) is 3.81. The summed E-state index contributed by atoms with van der Waals surface area (Å²) < 4.78 is 4.95. The van der Waals surface area contributed by atoms with E-state index >= 15 is 0 Å². The van der Waals surface area contributed by atoms with Crippen molar-refractivity contribution in [2.75, 3.05) is 11.9 Å². The lowest BCUT2D eigenvalue weighted by molar-refractivity contribution is -0.115. The van der Waals surface area contributed by atoms with Gasteiger partial charge in [0.1, 0.15) is 0 Å². The number of esters is 1. The zero-order valence-electron chi connectivity index (χ0n) is 13.4. The van der Waals surface area contributed by atoms with Crippen LogP contribution < -0.4 is 5.32 Å². The zero-order valence-corrected chi connectivity index (χ0v) is 15.0. The van der Waals surface area contributed by atoms with Gasteiger partial charge in [-0.05, 0) is 44.2 Å². The average Bonchev–Trinajstić information content (AvgIpc) is 2.57. The Labute approximate surface area is 150 Å². The molecule has 0 saturated heterocycles. The summed E-state index contributed by atoms with van der Waals surface area (Å²) in [6.07, 6.45) is 0. The van der Waals surface area contributed by atoms with Crippen molar-refractivity contribution in [1.29, 1.82) is 0 Å². The summed E-state index contributed by atoms with van der Waals surface area (Å²) in [5.74, 6) is -0.661. The Bertz CT molecular complexity index is 721. The van der Waals surface area contributed by atoms with Crippen LogP contribution in [0.1, 0.15) is 24.2 Å². The van der Waals surface area contributed by atoms with E-state index in [1.54, 1.807) is 19.1 Å². The normalized spacial score (nSPS) is 11.6. The number of halogens is 1. The van der Waals surface area contributed by atoms with Gasteiger partial charge in [0.25, 0.3) is 0 Å². The number of carbonyl (C=O) groups excluding carboxylic acids is 2. The van der Waals surface area contributed by atoms with E-state index in [4.69, 9.17) is 16.3 Å². The maximum absolute atomic E-state index is 12.3. The number of amides is 1. The highest BCUT2D eigenvalue weighted by molar-refractivity contribution is 8.00. The molecule has 0 fully saturated rings. The molecule has 1 atom stereocenters. The highest BCUT2D eigenvalue weighted by Gasteiger charge is 2.17. The van der Waals surface area contributed by atoms with Crippen molar-refractivity contribution in [3.8, 4) is 0 Å². The summed E-state index contributed by atoms with van der Waals surface area (Å²) in [5.41, 5.74) is 0.743. The van der Waals surface area contributed by atoms with Crippen LogP contribution >= 0.6 is 23.4 Å². The number of nitrogens with one attached hydrogen (secondary N) is 1. The molecule has 0 spiro atoms. The molecule has 0 radical (unpaired) electrons. The van der Waals surface area contributed by atoms with Gasteiger partial charge in [0, 0.05) is 10.6 Å². The van der Waals surface area contributed by atoms with Crippen LogP contribution in [0.2, 0.25) is 5.02 Å². The zero-order chi connectivity index (χ0) is 17.5. The van der Waals surface area contributed by atoms with Crippen LogP contribution in [0.5, 0.6) is 0 Å². The number of carbonyl (C=O) groups is 2. The Balaban J connectivity index is 2.05. The monoisotopic (exact) mass is 363 g/mol. The fourth-order valence-corrected chi connectivity index (χ4v) is 3.05. The fraction of sp³-hybridized carbons (Fsp3) is 0.222. The van der Waals surface area contributed by atoms with Crippen LogP contribution in [0.25, 0.3) is 0 Å². The van der Waals surface area contributed by atoms with Crippen LogP contribution in [-0.2, 0) is 9.53 Å². The van der Waals surface area contributed by atoms with Gasteiger partial charge in [-0.15, -0.1) is 11.8 Å². The Morgan fingerprint density at radius 2 is 1.92 bits per heavy atom. The van der Waals surface area contributed by atoms with Crippen LogP contribution in [0.4, 0.5) is 5.69 Å². The second-order valence-electron chi connectivity index (χ2n) is 4.98. The number of benzene rings is 2. The van der Waals surface area contributed by atoms with E-state index in [2.05, 4.69) is 5.32 Å². The number of hydrogen-bond donors (Lipinski definition) is 1. The van der Waals surface area contributed by atoms with Crippen molar-refractivity contribution in [2.24, 2.45) is 0 Å². The van der Waals surface area contributed by atoms with Crippen molar-refractivity contribution in [2.45, 2.75) is 24.0 Å². The first kappa shape index (κ1) is 18.4. The van der Waals surface area contributed by atoms with Crippen LogP contribution in [0, 0.1) is 0 Å². The van der Waals surface area contributed by atoms with Crippen molar-refractivity contribution in [1.82, 2.24) is 0 Å². The molecule has 0 aliphatic heterocycles. The lowest BCUT2D eigenvalue weighted by Gasteiger charge is -2.13. The first-order valence-corrected chi connectivity index (χ1v) is 8.76. The number of thioether (sulfide) groups is 1. The van der Waals surface area contributed by atoms with E-state index in [1.165, 1.54) is 17.8 Å².